The van der Waals surface area contributed by atoms with Crippen molar-refractivity contribution in [2.24, 2.45) is 5.73 Å². The van der Waals surface area contributed by atoms with Crippen LogP contribution in [0.3, 0.4) is 0 Å². The van der Waals surface area contributed by atoms with Gasteiger partial charge in [0.2, 0.25) is 0 Å². The fourth-order valence-corrected chi connectivity index (χ4v) is 1.16. The minimum absolute atomic E-state index is 0.216. The zero-order valence-corrected chi connectivity index (χ0v) is 9.83. The molecule has 0 radical (unpaired) electrons. The molecule has 0 bridgehead atoms. The molecule has 0 aliphatic rings. The fourth-order valence-electron chi connectivity index (χ4n) is 1.02. The molecule has 82 valence electrons. The Hall–Kier alpha value is -1.14. The largest absolute Gasteiger partial charge is 0.346 e. The van der Waals surface area contributed by atoms with E-state index in [0.29, 0.717) is 25.3 Å². The summed E-state index contributed by atoms with van der Waals surface area (Å²) in [6.45, 7) is 5.19. The first kappa shape index (κ1) is 11.9. The highest BCUT2D eigenvalue weighted by Gasteiger charge is 2.08. The molecule has 0 aromatic carbocycles. The predicted octanol–water partition coefficient (Wildman–Crippen LogP) is 0.480. The molecule has 0 spiro atoms. The number of aromatic nitrogens is 2. The molecule has 0 aliphatic carbocycles. The Labute approximate surface area is 96.5 Å². The molecule has 1 heterocycles. The molecule has 0 unspecified atom stereocenters. The molecule has 15 heavy (non-hydrogen) atoms. The molecule has 0 saturated heterocycles. The quantitative estimate of drug-likeness (QED) is 0.819. The number of nitrogens with one attached hydrogen (secondary N) is 1. The Morgan fingerprint density at radius 3 is 3.07 bits per heavy atom. The van der Waals surface area contributed by atoms with Crippen LogP contribution in [0.2, 0.25) is 0 Å². The van der Waals surface area contributed by atoms with Crippen molar-refractivity contribution in [1.29, 1.82) is 0 Å². The molecular formula is C9H13BrN4O. The number of hydrogen-bond donors (Lipinski definition) is 2. The smallest absolute Gasteiger partial charge is 0.271 e. The summed E-state index contributed by atoms with van der Waals surface area (Å²) in [5, 5.41) is 2.66. The van der Waals surface area contributed by atoms with Gasteiger partial charge in [-0.05, 0) is 0 Å². The number of amides is 1. The van der Waals surface area contributed by atoms with Crippen molar-refractivity contribution in [1.82, 2.24) is 14.9 Å². The number of nitrogens with two attached hydrogens (primary N) is 1. The van der Waals surface area contributed by atoms with Crippen molar-refractivity contribution in [3.8, 4) is 0 Å². The minimum atomic E-state index is -0.216. The van der Waals surface area contributed by atoms with Crippen LogP contribution in [0.5, 0.6) is 0 Å². The topological polar surface area (TPSA) is 72.9 Å². The third kappa shape index (κ3) is 3.85. The lowest BCUT2D eigenvalue weighted by molar-refractivity contribution is 0.0953. The maximum atomic E-state index is 11.5. The van der Waals surface area contributed by atoms with Crippen LogP contribution in [0.1, 0.15) is 10.5 Å². The lowest BCUT2D eigenvalue weighted by Gasteiger charge is -2.00. The zero-order chi connectivity index (χ0) is 11.3. The highest BCUT2D eigenvalue weighted by molar-refractivity contribution is 9.11. The minimum Gasteiger partial charge on any atom is -0.346 e. The Kier molecular flexibility index (Phi) is 4.51. The van der Waals surface area contributed by atoms with E-state index in [1.165, 1.54) is 0 Å². The molecule has 1 rings (SSSR count). The van der Waals surface area contributed by atoms with Crippen molar-refractivity contribution in [3.05, 3.63) is 29.3 Å². The maximum absolute atomic E-state index is 11.5. The van der Waals surface area contributed by atoms with Gasteiger partial charge in [0.05, 0.1) is 6.33 Å². The first-order valence-corrected chi connectivity index (χ1v) is 5.26. The molecule has 1 amide bonds. The van der Waals surface area contributed by atoms with E-state index >= 15 is 0 Å². The normalized spacial score (nSPS) is 10.0. The average molecular weight is 273 g/mol. The van der Waals surface area contributed by atoms with Crippen LogP contribution in [0.4, 0.5) is 0 Å². The van der Waals surface area contributed by atoms with Crippen LogP contribution in [-0.2, 0) is 6.54 Å². The van der Waals surface area contributed by atoms with Crippen LogP contribution in [0.15, 0.2) is 23.6 Å². The summed E-state index contributed by atoms with van der Waals surface area (Å²) in [6.07, 6.45) is 3.25. The van der Waals surface area contributed by atoms with Gasteiger partial charge in [-0.15, -0.1) is 0 Å². The Morgan fingerprint density at radius 2 is 2.47 bits per heavy atom. The Balaban J connectivity index is 2.54. The average Bonchev–Trinajstić information content (AvgIpc) is 2.63. The highest BCUT2D eigenvalue weighted by atomic mass is 79.9. The van der Waals surface area contributed by atoms with E-state index in [-0.39, 0.29) is 5.91 Å². The Bertz CT molecular complexity index is 361. The highest BCUT2D eigenvalue weighted by Crippen LogP contribution is 1.99. The molecule has 6 heteroatoms. The van der Waals surface area contributed by atoms with Crippen LogP contribution < -0.4 is 11.1 Å². The zero-order valence-electron chi connectivity index (χ0n) is 8.24. The van der Waals surface area contributed by atoms with Crippen molar-refractivity contribution < 1.29 is 4.79 Å². The maximum Gasteiger partial charge on any atom is 0.271 e. The van der Waals surface area contributed by atoms with Crippen LogP contribution >= 0.6 is 15.9 Å². The van der Waals surface area contributed by atoms with E-state index in [1.807, 2.05) is 0 Å². The summed E-state index contributed by atoms with van der Waals surface area (Å²) < 4.78 is 2.50. The first-order valence-electron chi connectivity index (χ1n) is 4.47. The lowest BCUT2D eigenvalue weighted by atomic mass is 10.4. The number of halogens is 1. The molecular weight excluding hydrogens is 260 g/mol. The van der Waals surface area contributed by atoms with Crippen LogP contribution in [0, 0.1) is 0 Å². The first-order chi connectivity index (χ1) is 7.13. The summed E-state index contributed by atoms with van der Waals surface area (Å²) in [5.74, 6) is -0.216. The molecule has 0 saturated carbocycles. The standard InChI is InChI=1S/C9H13BrN4O/c1-7(10)4-12-9(15)8-5-14(3-2-11)6-13-8/h5-6H,1-4,11H2,(H,12,15). The summed E-state index contributed by atoms with van der Waals surface area (Å²) in [5.41, 5.74) is 5.76. The lowest BCUT2D eigenvalue weighted by Crippen LogP contribution is -2.24. The summed E-state index contributed by atoms with van der Waals surface area (Å²) in [4.78, 5) is 15.4. The van der Waals surface area contributed by atoms with E-state index in [9.17, 15) is 4.79 Å². The third-order valence-electron chi connectivity index (χ3n) is 1.69. The number of carbonyl (C=O) groups is 1. The monoisotopic (exact) mass is 272 g/mol. The summed E-state index contributed by atoms with van der Waals surface area (Å²) >= 11 is 3.15. The van der Waals surface area contributed by atoms with Crippen molar-refractivity contribution in [3.63, 3.8) is 0 Å². The second kappa shape index (κ2) is 5.67. The molecule has 0 aliphatic heterocycles. The van der Waals surface area contributed by atoms with Crippen LogP contribution in [-0.4, -0.2) is 28.5 Å². The second-order valence-corrected chi connectivity index (χ2v) is 4.11. The summed E-state index contributed by atoms with van der Waals surface area (Å²) in [7, 11) is 0. The van der Waals surface area contributed by atoms with E-state index < -0.39 is 0 Å². The van der Waals surface area contributed by atoms with Gasteiger partial charge in [-0.2, -0.15) is 0 Å². The van der Waals surface area contributed by atoms with E-state index in [2.05, 4.69) is 32.8 Å². The Morgan fingerprint density at radius 1 is 1.73 bits per heavy atom. The summed E-state index contributed by atoms with van der Waals surface area (Å²) in [6, 6.07) is 0. The van der Waals surface area contributed by atoms with Crippen molar-refractivity contribution in [2.45, 2.75) is 6.54 Å². The van der Waals surface area contributed by atoms with Gasteiger partial charge in [-0.1, -0.05) is 22.5 Å². The van der Waals surface area contributed by atoms with Gasteiger partial charge in [-0.3, -0.25) is 4.79 Å². The van der Waals surface area contributed by atoms with Gasteiger partial charge in [0, 0.05) is 30.3 Å². The SMILES string of the molecule is C=C(Br)CNC(=O)c1cn(CCN)cn1. The number of imidazole rings is 1. The molecule has 3 N–H and O–H groups in total. The molecule has 5 nitrogen and oxygen atoms in total. The molecule has 1 aromatic rings. The molecule has 0 fully saturated rings. The van der Waals surface area contributed by atoms with Gasteiger partial charge in [-0.25, -0.2) is 4.98 Å². The van der Waals surface area contributed by atoms with E-state index in [0.717, 1.165) is 4.48 Å². The number of rotatable bonds is 5. The molecule has 0 atom stereocenters. The van der Waals surface area contributed by atoms with Crippen LogP contribution in [0.25, 0.3) is 0 Å². The van der Waals surface area contributed by atoms with Gasteiger partial charge < -0.3 is 15.6 Å². The number of carbonyl (C=O) groups excluding carboxylic acids is 1. The second-order valence-electron chi connectivity index (χ2n) is 2.99. The number of nitrogens with zero attached hydrogens (tertiary/aromatic N) is 2. The fraction of sp³-hybridized carbons (Fsp3) is 0.333. The predicted molar refractivity (Wildman–Crippen MR) is 61.7 cm³/mol. The van der Waals surface area contributed by atoms with E-state index in [4.69, 9.17) is 5.73 Å². The van der Waals surface area contributed by atoms with E-state index in [1.54, 1.807) is 17.1 Å². The van der Waals surface area contributed by atoms with Gasteiger partial charge >= 0.3 is 0 Å². The third-order valence-corrected chi connectivity index (χ3v) is 1.97. The number of hydrogen-bond acceptors (Lipinski definition) is 3. The van der Waals surface area contributed by atoms with Gasteiger partial charge in [0.15, 0.2) is 0 Å². The van der Waals surface area contributed by atoms with Gasteiger partial charge in [0.1, 0.15) is 5.69 Å². The molecule has 1 aromatic heterocycles. The van der Waals surface area contributed by atoms with Gasteiger partial charge in [0.25, 0.3) is 5.91 Å². The van der Waals surface area contributed by atoms with Crippen molar-refractivity contribution in [2.75, 3.05) is 13.1 Å². The van der Waals surface area contributed by atoms with Crippen molar-refractivity contribution >= 4 is 21.8 Å².